The Balaban J connectivity index is 1.69. The maximum absolute atomic E-state index is 5.92. The molecule has 0 radical (unpaired) electrons. The van der Waals surface area contributed by atoms with Gasteiger partial charge in [-0.3, -0.25) is 0 Å². The Kier molecular flexibility index (Phi) is 5.58. The van der Waals surface area contributed by atoms with Crippen LogP contribution in [0.4, 0.5) is 23.1 Å². The van der Waals surface area contributed by atoms with Crippen LogP contribution >= 0.6 is 11.6 Å². The van der Waals surface area contributed by atoms with Crippen LogP contribution < -0.4 is 15.5 Å². The second-order valence-electron chi connectivity index (χ2n) is 6.26. The van der Waals surface area contributed by atoms with Crippen molar-refractivity contribution in [1.29, 1.82) is 0 Å². The molecule has 3 rings (SSSR count). The van der Waals surface area contributed by atoms with Crippen LogP contribution in [0, 0.1) is 6.92 Å². The lowest BCUT2D eigenvalue weighted by atomic mass is 10.2. The zero-order chi connectivity index (χ0) is 18.5. The molecule has 2 N–H and O–H groups in total. The Morgan fingerprint density at radius 3 is 2.31 bits per heavy atom. The number of aromatic nitrogens is 2. The average molecular weight is 368 g/mol. The van der Waals surface area contributed by atoms with E-state index in [-0.39, 0.29) is 0 Å². The van der Waals surface area contributed by atoms with E-state index in [2.05, 4.69) is 37.6 Å². The van der Waals surface area contributed by atoms with Gasteiger partial charge in [-0.1, -0.05) is 23.7 Å². The number of hydrogen-bond acceptors (Lipinski definition) is 5. The molecule has 0 aliphatic rings. The van der Waals surface area contributed by atoms with Gasteiger partial charge in [0.1, 0.15) is 5.82 Å². The molecule has 0 fully saturated rings. The van der Waals surface area contributed by atoms with Gasteiger partial charge in [-0.05, 0) is 48.9 Å². The summed E-state index contributed by atoms with van der Waals surface area (Å²) in [5.74, 6) is 1.35. The van der Waals surface area contributed by atoms with Crippen LogP contribution in [0.25, 0.3) is 0 Å². The predicted octanol–water partition coefficient (Wildman–Crippen LogP) is 4.86. The molecule has 0 aliphatic heterocycles. The van der Waals surface area contributed by atoms with Crippen molar-refractivity contribution < 1.29 is 0 Å². The summed E-state index contributed by atoms with van der Waals surface area (Å²) in [4.78, 5) is 11.1. The molecule has 0 saturated heterocycles. The molecule has 0 bridgehead atoms. The maximum atomic E-state index is 5.92. The van der Waals surface area contributed by atoms with Crippen molar-refractivity contribution >= 4 is 34.7 Å². The van der Waals surface area contributed by atoms with E-state index in [0.29, 0.717) is 12.5 Å². The summed E-state index contributed by atoms with van der Waals surface area (Å²) in [6.45, 7) is 2.59. The lowest BCUT2D eigenvalue weighted by Crippen LogP contribution is -2.08. The molecular weight excluding hydrogens is 346 g/mol. The molecule has 0 aliphatic carbocycles. The number of halogens is 1. The minimum Gasteiger partial charge on any atom is -0.378 e. The van der Waals surface area contributed by atoms with Crippen LogP contribution in [-0.4, -0.2) is 24.1 Å². The Bertz CT molecular complexity index is 860. The van der Waals surface area contributed by atoms with Gasteiger partial charge < -0.3 is 15.5 Å². The fourth-order valence-electron chi connectivity index (χ4n) is 2.49. The lowest BCUT2D eigenvalue weighted by molar-refractivity contribution is 1.03. The van der Waals surface area contributed by atoms with Crippen LogP contribution in [0.1, 0.15) is 11.3 Å². The molecule has 2 aromatic carbocycles. The number of benzene rings is 2. The van der Waals surface area contributed by atoms with Crippen LogP contribution in [0.15, 0.2) is 54.6 Å². The zero-order valence-electron chi connectivity index (χ0n) is 15.1. The molecule has 1 aromatic heterocycles. The molecule has 0 saturated carbocycles. The van der Waals surface area contributed by atoms with E-state index >= 15 is 0 Å². The summed E-state index contributed by atoms with van der Waals surface area (Å²) in [5.41, 5.74) is 4.15. The van der Waals surface area contributed by atoms with E-state index in [0.717, 1.165) is 33.5 Å². The average Bonchev–Trinajstić information content (AvgIpc) is 2.61. The SMILES string of the molecule is Cc1cc(Nc2ccc(N(C)C)cc2)nc(NCc2ccc(Cl)cc2)n1. The fourth-order valence-corrected chi connectivity index (χ4v) is 2.61. The first-order valence-electron chi connectivity index (χ1n) is 8.38. The summed E-state index contributed by atoms with van der Waals surface area (Å²) in [6.07, 6.45) is 0. The van der Waals surface area contributed by atoms with Crippen LogP contribution in [0.5, 0.6) is 0 Å². The molecule has 134 valence electrons. The molecule has 0 amide bonds. The third-order valence-electron chi connectivity index (χ3n) is 3.87. The van der Waals surface area contributed by atoms with Gasteiger partial charge in [-0.25, -0.2) is 4.98 Å². The molecule has 3 aromatic rings. The highest BCUT2D eigenvalue weighted by atomic mass is 35.5. The molecule has 6 heteroatoms. The van der Waals surface area contributed by atoms with Gasteiger partial charge in [0, 0.05) is 48.8 Å². The van der Waals surface area contributed by atoms with Gasteiger partial charge in [0.05, 0.1) is 0 Å². The molecule has 0 unspecified atom stereocenters. The van der Waals surface area contributed by atoms with Crippen LogP contribution in [-0.2, 0) is 6.54 Å². The van der Waals surface area contributed by atoms with Crippen LogP contribution in [0.2, 0.25) is 5.02 Å². The number of hydrogen-bond donors (Lipinski definition) is 2. The third kappa shape index (κ3) is 4.86. The Hall–Kier alpha value is -2.79. The molecule has 26 heavy (non-hydrogen) atoms. The lowest BCUT2D eigenvalue weighted by Gasteiger charge is -2.14. The van der Waals surface area contributed by atoms with Crippen LogP contribution in [0.3, 0.4) is 0 Å². The van der Waals surface area contributed by atoms with Gasteiger partial charge >= 0.3 is 0 Å². The van der Waals surface area contributed by atoms with Gasteiger partial charge in [-0.2, -0.15) is 4.98 Å². The summed E-state index contributed by atoms with van der Waals surface area (Å²) >= 11 is 5.92. The van der Waals surface area contributed by atoms with E-state index in [1.807, 2.05) is 63.5 Å². The van der Waals surface area contributed by atoms with E-state index in [4.69, 9.17) is 11.6 Å². The highest BCUT2D eigenvalue weighted by Crippen LogP contribution is 2.20. The van der Waals surface area contributed by atoms with Crippen molar-refractivity contribution in [2.75, 3.05) is 29.6 Å². The number of nitrogens with one attached hydrogen (secondary N) is 2. The first-order valence-corrected chi connectivity index (χ1v) is 8.76. The largest absolute Gasteiger partial charge is 0.378 e. The van der Waals surface area contributed by atoms with Gasteiger partial charge in [0.15, 0.2) is 0 Å². The van der Waals surface area contributed by atoms with E-state index in [1.165, 1.54) is 0 Å². The number of nitrogens with zero attached hydrogens (tertiary/aromatic N) is 3. The quantitative estimate of drug-likeness (QED) is 0.651. The van der Waals surface area contributed by atoms with E-state index in [9.17, 15) is 0 Å². The summed E-state index contributed by atoms with van der Waals surface area (Å²) < 4.78 is 0. The monoisotopic (exact) mass is 367 g/mol. The summed E-state index contributed by atoms with van der Waals surface area (Å²) in [5, 5.41) is 7.32. The number of anilines is 4. The van der Waals surface area contributed by atoms with Gasteiger partial charge in [0.25, 0.3) is 0 Å². The maximum Gasteiger partial charge on any atom is 0.225 e. The van der Waals surface area contributed by atoms with Crippen molar-refractivity contribution in [2.45, 2.75) is 13.5 Å². The Morgan fingerprint density at radius 2 is 1.65 bits per heavy atom. The minimum absolute atomic E-state index is 0.590. The minimum atomic E-state index is 0.590. The highest BCUT2D eigenvalue weighted by Gasteiger charge is 2.04. The van der Waals surface area contributed by atoms with E-state index < -0.39 is 0 Å². The molecule has 1 heterocycles. The standard InChI is InChI=1S/C20H22ClN5/c1-14-12-19(24-17-8-10-18(11-9-17)26(2)3)25-20(23-14)22-13-15-4-6-16(21)7-5-15/h4-12H,13H2,1-3H3,(H2,22,23,24,25). The first-order chi connectivity index (χ1) is 12.5. The highest BCUT2D eigenvalue weighted by molar-refractivity contribution is 6.30. The van der Waals surface area contributed by atoms with Crippen molar-refractivity contribution in [3.05, 3.63) is 70.9 Å². The topological polar surface area (TPSA) is 53.1 Å². The molecule has 0 atom stereocenters. The second-order valence-corrected chi connectivity index (χ2v) is 6.70. The molecular formula is C20H22ClN5. The summed E-state index contributed by atoms with van der Waals surface area (Å²) in [7, 11) is 4.05. The van der Waals surface area contributed by atoms with Crippen molar-refractivity contribution in [3.63, 3.8) is 0 Å². The first kappa shape index (κ1) is 18.0. The van der Waals surface area contributed by atoms with Gasteiger partial charge in [-0.15, -0.1) is 0 Å². The number of aryl methyl sites for hydroxylation is 1. The van der Waals surface area contributed by atoms with Crippen molar-refractivity contribution in [1.82, 2.24) is 9.97 Å². The predicted molar refractivity (Wildman–Crippen MR) is 110 cm³/mol. The molecule has 0 spiro atoms. The third-order valence-corrected chi connectivity index (χ3v) is 4.13. The fraction of sp³-hybridized carbons (Fsp3) is 0.200. The smallest absolute Gasteiger partial charge is 0.225 e. The second kappa shape index (κ2) is 8.06. The van der Waals surface area contributed by atoms with E-state index in [1.54, 1.807) is 0 Å². The van der Waals surface area contributed by atoms with Crippen molar-refractivity contribution in [3.8, 4) is 0 Å². The Labute approximate surface area is 159 Å². The molecule has 5 nitrogen and oxygen atoms in total. The van der Waals surface area contributed by atoms with Crippen molar-refractivity contribution in [2.24, 2.45) is 0 Å². The summed E-state index contributed by atoms with van der Waals surface area (Å²) in [6, 6.07) is 17.8. The Morgan fingerprint density at radius 1 is 0.962 bits per heavy atom. The zero-order valence-corrected chi connectivity index (χ0v) is 15.9. The normalized spacial score (nSPS) is 10.5. The number of rotatable bonds is 6. The van der Waals surface area contributed by atoms with Gasteiger partial charge in [0.2, 0.25) is 5.95 Å².